The number of sulfonamides is 2. The van der Waals surface area contributed by atoms with Crippen LogP contribution in [0, 0.1) is 0 Å². The highest BCUT2D eigenvalue weighted by Gasteiger charge is 2.42. The van der Waals surface area contributed by atoms with Crippen molar-refractivity contribution in [2.24, 2.45) is 0 Å². The van der Waals surface area contributed by atoms with Gasteiger partial charge in [-0.25, -0.2) is 22.3 Å². The number of methoxy groups -OCH3 is 1. The van der Waals surface area contributed by atoms with E-state index in [1.807, 2.05) is 60.7 Å². The number of hydrogen-bond donors (Lipinski definition) is 4. The number of β-amino-alcohol motifs (C(OH)–C–C–N with tert-alkyl or cyclic N) is 1. The third-order valence-electron chi connectivity index (χ3n) is 9.39. The van der Waals surface area contributed by atoms with E-state index in [4.69, 9.17) is 19.4 Å². The SMILES string of the molecule is COC1CCC(C(=O)NO)N(S(=O)(=O)c2ccc(OCc3ccccc3)cc2)C1.O=C(O)C1CCC(O)CN1S(=O)(=O)c1ccc(OCc2ccccc2)cc1. The minimum absolute atomic E-state index is 0.0309. The average molecular weight is 812 g/mol. The van der Waals surface area contributed by atoms with Gasteiger partial charge in [-0.05, 0) is 85.3 Å². The summed E-state index contributed by atoms with van der Waals surface area (Å²) in [6.45, 7) is 0.522. The van der Waals surface area contributed by atoms with Crippen molar-refractivity contribution in [3.8, 4) is 11.5 Å². The lowest BCUT2D eigenvalue weighted by Crippen LogP contribution is -2.54. The second-order valence-electron chi connectivity index (χ2n) is 13.2. The summed E-state index contributed by atoms with van der Waals surface area (Å²) in [6.07, 6.45) is -0.0803. The van der Waals surface area contributed by atoms with Gasteiger partial charge in [0.15, 0.2) is 0 Å². The number of piperidine rings is 2. The van der Waals surface area contributed by atoms with E-state index in [0.717, 1.165) is 19.7 Å². The number of hydroxylamine groups is 1. The van der Waals surface area contributed by atoms with Crippen LogP contribution in [0.1, 0.15) is 36.8 Å². The van der Waals surface area contributed by atoms with Crippen LogP contribution in [0.4, 0.5) is 0 Å². The Labute approximate surface area is 326 Å². The minimum atomic E-state index is -4.04. The number of carbonyl (C=O) groups is 2. The fraction of sp³-hybridized carbons (Fsp3) is 0.333. The topological polar surface area (TPSA) is 209 Å². The van der Waals surface area contributed by atoms with E-state index < -0.39 is 50.1 Å². The zero-order valence-corrected chi connectivity index (χ0v) is 32.2. The number of aliphatic hydroxyl groups excluding tert-OH is 1. The van der Waals surface area contributed by atoms with Crippen molar-refractivity contribution in [2.45, 2.75) is 73.0 Å². The molecular formula is C39H45N3O12S2. The van der Waals surface area contributed by atoms with E-state index in [0.29, 0.717) is 31.1 Å². The van der Waals surface area contributed by atoms with Crippen molar-refractivity contribution >= 4 is 31.9 Å². The maximum Gasteiger partial charge on any atom is 0.322 e. The van der Waals surface area contributed by atoms with Crippen LogP contribution in [-0.2, 0) is 47.6 Å². The Bertz CT molecular complexity index is 2110. The number of carboxylic acid groups (broad SMARTS) is 1. The lowest BCUT2D eigenvalue weighted by molar-refractivity contribution is -0.143. The zero-order chi connectivity index (χ0) is 40.3. The summed E-state index contributed by atoms with van der Waals surface area (Å²) in [4.78, 5) is 23.4. The Kier molecular flexibility index (Phi) is 14.6. The molecule has 4 N–H and O–H groups in total. The number of amides is 1. The Balaban J connectivity index is 0.000000215. The third kappa shape index (κ3) is 10.7. The summed E-state index contributed by atoms with van der Waals surface area (Å²) >= 11 is 0. The molecule has 2 aliphatic rings. The van der Waals surface area contributed by atoms with Gasteiger partial charge in [0, 0.05) is 20.2 Å². The van der Waals surface area contributed by atoms with Crippen molar-refractivity contribution < 1.29 is 56.1 Å². The van der Waals surface area contributed by atoms with E-state index in [1.165, 1.54) is 43.5 Å². The first-order valence-electron chi connectivity index (χ1n) is 17.8. The van der Waals surface area contributed by atoms with Gasteiger partial charge in [0.05, 0.1) is 22.0 Å². The Morgan fingerprint density at radius 3 is 1.54 bits per heavy atom. The molecule has 0 radical (unpaired) electrons. The van der Waals surface area contributed by atoms with Gasteiger partial charge in [-0.3, -0.25) is 14.8 Å². The number of hydrogen-bond acceptors (Lipinski definition) is 11. The molecule has 0 saturated carbocycles. The molecule has 6 rings (SSSR count). The number of aliphatic carboxylic acids is 1. The molecule has 4 atom stereocenters. The first kappa shape index (κ1) is 42.3. The Morgan fingerprint density at radius 1 is 0.661 bits per heavy atom. The highest BCUT2D eigenvalue weighted by atomic mass is 32.2. The molecule has 4 unspecified atom stereocenters. The first-order valence-corrected chi connectivity index (χ1v) is 20.7. The first-order chi connectivity index (χ1) is 26.8. The summed E-state index contributed by atoms with van der Waals surface area (Å²) in [5.74, 6) is -0.934. The zero-order valence-electron chi connectivity index (χ0n) is 30.6. The summed E-state index contributed by atoms with van der Waals surface area (Å²) in [5, 5.41) is 28.1. The molecular weight excluding hydrogens is 767 g/mol. The molecule has 2 heterocycles. The van der Waals surface area contributed by atoms with Gasteiger partial charge < -0.3 is 24.4 Å². The highest BCUT2D eigenvalue weighted by molar-refractivity contribution is 7.89. The fourth-order valence-corrected chi connectivity index (χ4v) is 9.60. The molecule has 4 aromatic rings. The van der Waals surface area contributed by atoms with Crippen molar-refractivity contribution in [3.63, 3.8) is 0 Å². The molecule has 0 spiro atoms. The van der Waals surface area contributed by atoms with Gasteiger partial charge in [-0.15, -0.1) is 0 Å². The highest BCUT2D eigenvalue weighted by Crippen LogP contribution is 2.29. The molecule has 15 nitrogen and oxygen atoms in total. The Hall–Kier alpha value is -4.88. The fourth-order valence-electron chi connectivity index (χ4n) is 6.30. The smallest absolute Gasteiger partial charge is 0.322 e. The van der Waals surface area contributed by atoms with Gasteiger partial charge >= 0.3 is 5.97 Å². The maximum absolute atomic E-state index is 13.1. The number of carboxylic acids is 1. The van der Waals surface area contributed by atoms with Crippen LogP contribution in [0.3, 0.4) is 0 Å². The normalized spacial score (nSPS) is 20.6. The predicted molar refractivity (Wildman–Crippen MR) is 203 cm³/mol. The minimum Gasteiger partial charge on any atom is -0.489 e. The molecule has 2 fully saturated rings. The van der Waals surface area contributed by atoms with Crippen LogP contribution < -0.4 is 15.0 Å². The van der Waals surface area contributed by atoms with Gasteiger partial charge in [0.25, 0.3) is 5.91 Å². The summed E-state index contributed by atoms with van der Waals surface area (Å²) in [5.41, 5.74) is 3.54. The molecule has 2 saturated heterocycles. The quantitative estimate of drug-likeness (QED) is 0.112. The number of ether oxygens (including phenoxy) is 3. The van der Waals surface area contributed by atoms with Crippen LogP contribution in [0.15, 0.2) is 119 Å². The molecule has 2 aliphatic heterocycles. The van der Waals surface area contributed by atoms with Crippen LogP contribution in [0.5, 0.6) is 11.5 Å². The second kappa shape index (κ2) is 19.3. The number of nitrogens with one attached hydrogen (secondary N) is 1. The van der Waals surface area contributed by atoms with E-state index in [-0.39, 0.29) is 48.2 Å². The molecule has 17 heteroatoms. The molecule has 4 aromatic carbocycles. The molecule has 0 aromatic heterocycles. The van der Waals surface area contributed by atoms with E-state index >= 15 is 0 Å². The number of benzene rings is 4. The summed E-state index contributed by atoms with van der Waals surface area (Å²) in [6, 6.07) is 28.9. The largest absolute Gasteiger partial charge is 0.489 e. The van der Waals surface area contributed by atoms with E-state index in [1.54, 1.807) is 17.6 Å². The maximum atomic E-state index is 13.1. The Morgan fingerprint density at radius 2 is 1.11 bits per heavy atom. The van der Waals surface area contributed by atoms with Crippen LogP contribution in [0.25, 0.3) is 0 Å². The number of rotatable bonds is 13. The second-order valence-corrected chi connectivity index (χ2v) is 16.9. The van der Waals surface area contributed by atoms with Crippen LogP contribution in [0.2, 0.25) is 0 Å². The van der Waals surface area contributed by atoms with E-state index in [9.17, 15) is 36.6 Å². The van der Waals surface area contributed by atoms with Crippen LogP contribution >= 0.6 is 0 Å². The van der Waals surface area contributed by atoms with Gasteiger partial charge in [0.1, 0.15) is 36.8 Å². The number of carbonyl (C=O) groups excluding carboxylic acids is 1. The standard InChI is InChI=1S/C20H24N2O6S.C19H21NO6S/c1-27-17-9-12-19(20(23)21-24)22(13-17)29(25,26)18-10-7-16(8-11-18)28-14-15-5-3-2-4-6-15;21-15-6-11-18(19(22)23)20(12-15)27(24,25)17-9-7-16(8-10-17)26-13-14-4-2-1-3-5-14/h2-8,10-11,17,19,24H,9,12-14H2,1H3,(H,21,23);1-5,7-10,15,18,21H,6,11-13H2,(H,22,23). The molecule has 300 valence electrons. The third-order valence-corrected chi connectivity index (χ3v) is 13.2. The lowest BCUT2D eigenvalue weighted by Gasteiger charge is -2.36. The molecule has 0 aliphatic carbocycles. The van der Waals surface area contributed by atoms with Crippen molar-refractivity contribution in [1.29, 1.82) is 0 Å². The molecule has 56 heavy (non-hydrogen) atoms. The van der Waals surface area contributed by atoms with E-state index in [2.05, 4.69) is 0 Å². The van der Waals surface area contributed by atoms with Crippen molar-refractivity contribution in [2.75, 3.05) is 20.2 Å². The predicted octanol–water partition coefficient (Wildman–Crippen LogP) is 3.80. The van der Waals surface area contributed by atoms with Crippen molar-refractivity contribution in [3.05, 3.63) is 120 Å². The van der Waals surface area contributed by atoms with Crippen molar-refractivity contribution in [1.82, 2.24) is 14.1 Å². The van der Waals surface area contributed by atoms with Gasteiger partial charge in [-0.2, -0.15) is 8.61 Å². The van der Waals surface area contributed by atoms with Gasteiger partial charge in [-0.1, -0.05) is 60.7 Å². The molecule has 0 bridgehead atoms. The molecule has 1 amide bonds. The number of nitrogens with zero attached hydrogens (tertiary/aromatic N) is 2. The lowest BCUT2D eigenvalue weighted by atomic mass is 10.0. The average Bonchev–Trinajstić information content (AvgIpc) is 3.22. The van der Waals surface area contributed by atoms with Crippen LogP contribution in [-0.4, -0.2) is 97.2 Å². The monoisotopic (exact) mass is 811 g/mol. The number of aliphatic hydroxyl groups is 1. The summed E-state index contributed by atoms with van der Waals surface area (Å²) < 4.78 is 70.5. The van der Waals surface area contributed by atoms with Gasteiger partial charge in [0.2, 0.25) is 20.0 Å². The summed E-state index contributed by atoms with van der Waals surface area (Å²) in [7, 11) is -6.50.